The molecule has 0 aromatic heterocycles. The maximum absolute atomic E-state index is 13.7. The summed E-state index contributed by atoms with van der Waals surface area (Å²) in [5.41, 5.74) is 13.8. The van der Waals surface area contributed by atoms with E-state index in [0.717, 1.165) is 45.5 Å². The number of para-hydroxylation sites is 1. The summed E-state index contributed by atoms with van der Waals surface area (Å²) in [6.07, 6.45) is 2.57. The van der Waals surface area contributed by atoms with Gasteiger partial charge in [0.15, 0.2) is 5.84 Å². The van der Waals surface area contributed by atoms with Crippen LogP contribution >= 0.6 is 0 Å². The Kier molecular flexibility index (Phi) is 10.3. The Morgan fingerprint density at radius 3 is 2.13 bits per heavy atom. The molecule has 9 nitrogen and oxygen atoms in total. The molecular weight excluding hydrogens is 576 g/mol. The Hall–Kier alpha value is -5.15. The van der Waals surface area contributed by atoms with E-state index in [1.807, 2.05) is 104 Å². The molecule has 1 heterocycles. The number of hydrazone groups is 1. The molecular formula is C37H42N6O3. The van der Waals surface area contributed by atoms with Gasteiger partial charge in [-0.1, -0.05) is 92.2 Å². The van der Waals surface area contributed by atoms with E-state index in [4.69, 9.17) is 11.6 Å². The van der Waals surface area contributed by atoms with E-state index in [2.05, 4.69) is 21.6 Å². The third-order valence-corrected chi connectivity index (χ3v) is 8.87. The number of benzene rings is 4. The zero-order valence-electron chi connectivity index (χ0n) is 26.2. The van der Waals surface area contributed by atoms with Crippen molar-refractivity contribution in [1.29, 1.82) is 0 Å². The molecule has 0 spiro atoms. The lowest BCUT2D eigenvalue weighted by Gasteiger charge is -2.46. The number of amidine groups is 1. The quantitative estimate of drug-likeness (QED) is 0.0687. The van der Waals surface area contributed by atoms with Crippen molar-refractivity contribution in [3.8, 4) is 22.3 Å². The number of aliphatic carboxylic acids is 1. The van der Waals surface area contributed by atoms with Gasteiger partial charge in [0.1, 0.15) is 5.54 Å². The molecule has 0 unspecified atom stereocenters. The van der Waals surface area contributed by atoms with E-state index in [0.29, 0.717) is 38.8 Å². The first-order valence-electron chi connectivity index (χ1n) is 15.8. The molecule has 5 rings (SSSR count). The molecule has 1 aliphatic rings. The van der Waals surface area contributed by atoms with Crippen LogP contribution in [0.2, 0.25) is 0 Å². The van der Waals surface area contributed by atoms with Gasteiger partial charge in [0.25, 0.3) is 0 Å². The average molecular weight is 619 g/mol. The van der Waals surface area contributed by atoms with Crippen molar-refractivity contribution in [2.45, 2.75) is 51.1 Å². The Bertz CT molecular complexity index is 1650. The number of nitrogens with one attached hydrogen (secondary N) is 1. The van der Waals surface area contributed by atoms with E-state index in [-0.39, 0.29) is 18.3 Å². The molecule has 1 amide bonds. The molecule has 0 aliphatic carbocycles. The summed E-state index contributed by atoms with van der Waals surface area (Å²) in [5.74, 6) is 4.60. The van der Waals surface area contributed by atoms with Crippen molar-refractivity contribution in [3.05, 3.63) is 114 Å². The predicted molar refractivity (Wildman–Crippen MR) is 184 cm³/mol. The van der Waals surface area contributed by atoms with Gasteiger partial charge in [-0.05, 0) is 71.3 Å². The molecule has 0 saturated carbocycles. The van der Waals surface area contributed by atoms with Gasteiger partial charge in [0.05, 0.1) is 0 Å². The summed E-state index contributed by atoms with van der Waals surface area (Å²) in [5, 5.41) is 14.7. The highest BCUT2D eigenvalue weighted by molar-refractivity contribution is 6.04. The number of carbonyl (C=O) groups excluding carboxylic acids is 1. The Morgan fingerprint density at radius 1 is 0.891 bits per heavy atom. The van der Waals surface area contributed by atoms with E-state index >= 15 is 0 Å². The van der Waals surface area contributed by atoms with Crippen LogP contribution in [0, 0.1) is 0 Å². The molecule has 1 aliphatic heterocycles. The van der Waals surface area contributed by atoms with Gasteiger partial charge in [-0.25, -0.2) is 16.2 Å². The highest BCUT2D eigenvalue weighted by atomic mass is 16.4. The lowest BCUT2D eigenvalue weighted by atomic mass is 9.84. The van der Waals surface area contributed by atoms with E-state index in [1.54, 1.807) is 4.90 Å². The maximum Gasteiger partial charge on any atom is 0.329 e. The Morgan fingerprint density at radius 2 is 1.52 bits per heavy atom. The number of nitrogens with two attached hydrogens (primary N) is 2. The minimum absolute atomic E-state index is 0.127. The van der Waals surface area contributed by atoms with E-state index < -0.39 is 11.5 Å². The van der Waals surface area contributed by atoms with Gasteiger partial charge >= 0.3 is 5.97 Å². The van der Waals surface area contributed by atoms with Crippen molar-refractivity contribution in [2.75, 3.05) is 18.0 Å². The lowest BCUT2D eigenvalue weighted by Crippen LogP contribution is -2.61. The lowest BCUT2D eigenvalue weighted by molar-refractivity contribution is -0.162. The number of piperidine rings is 1. The number of rotatable bonds is 12. The first-order chi connectivity index (χ1) is 22.4. The summed E-state index contributed by atoms with van der Waals surface area (Å²) in [4.78, 5) is 30.6. The van der Waals surface area contributed by atoms with Gasteiger partial charge in [0, 0.05) is 37.3 Å². The van der Waals surface area contributed by atoms with Crippen LogP contribution in [0.5, 0.6) is 0 Å². The molecule has 0 bridgehead atoms. The van der Waals surface area contributed by atoms with Crippen LogP contribution in [-0.4, -0.2) is 46.3 Å². The fourth-order valence-corrected chi connectivity index (χ4v) is 6.23. The second-order valence-corrected chi connectivity index (χ2v) is 11.7. The second-order valence-electron chi connectivity index (χ2n) is 11.7. The highest BCUT2D eigenvalue weighted by Crippen LogP contribution is 2.35. The summed E-state index contributed by atoms with van der Waals surface area (Å²) in [7, 11) is 0. The van der Waals surface area contributed by atoms with Crippen LogP contribution in [0.1, 0.15) is 50.2 Å². The zero-order valence-corrected chi connectivity index (χ0v) is 26.2. The molecule has 0 radical (unpaired) electrons. The number of unbranched alkanes of at least 4 members (excludes halogenated alkanes) is 1. The van der Waals surface area contributed by atoms with E-state index in [1.165, 1.54) is 0 Å². The smallest absolute Gasteiger partial charge is 0.329 e. The number of hydrogen-bond donors (Lipinski definition) is 4. The molecule has 1 fully saturated rings. The summed E-state index contributed by atoms with van der Waals surface area (Å²) in [6, 6.07) is 33.9. The molecule has 46 heavy (non-hydrogen) atoms. The van der Waals surface area contributed by atoms with E-state index in [9.17, 15) is 14.7 Å². The Balaban J connectivity index is 1.45. The number of anilines is 1. The minimum atomic E-state index is -1.29. The number of carboxylic acid groups (broad SMARTS) is 1. The Labute approximate surface area is 270 Å². The van der Waals surface area contributed by atoms with Gasteiger partial charge in [-0.15, -0.1) is 5.10 Å². The van der Waals surface area contributed by atoms with Crippen molar-refractivity contribution in [2.24, 2.45) is 16.7 Å². The number of carboxylic acids is 1. The van der Waals surface area contributed by atoms with Crippen molar-refractivity contribution >= 4 is 23.4 Å². The van der Waals surface area contributed by atoms with Crippen molar-refractivity contribution in [3.63, 3.8) is 0 Å². The first-order valence-corrected chi connectivity index (χ1v) is 15.8. The third kappa shape index (κ3) is 7.05. The van der Waals surface area contributed by atoms with Crippen LogP contribution in [-0.2, 0) is 16.1 Å². The SMILES string of the molecule is CCCCC(=O)N(Cc1ccc(-c2cc(-c3ccccc3)ccc2/C(N)=N/NN)cc1)C1(C(=O)O)CCN(c2ccccc2)CC1. The number of hydrogen-bond acceptors (Lipinski definition) is 6. The number of amides is 1. The zero-order chi connectivity index (χ0) is 32.5. The monoisotopic (exact) mass is 618 g/mol. The predicted octanol–water partition coefficient (Wildman–Crippen LogP) is 5.75. The highest BCUT2D eigenvalue weighted by Gasteiger charge is 2.48. The molecule has 4 aromatic rings. The third-order valence-electron chi connectivity index (χ3n) is 8.87. The van der Waals surface area contributed by atoms with Crippen molar-refractivity contribution < 1.29 is 14.7 Å². The fraction of sp³-hybridized carbons (Fsp3) is 0.270. The normalized spacial score (nSPS) is 14.5. The molecule has 1 saturated heterocycles. The molecule has 0 atom stereocenters. The first kappa shape index (κ1) is 32.2. The molecule has 9 heteroatoms. The standard InChI is InChI=1S/C37H42N6O3/c1-2-3-14-34(44)43(37(36(45)46)21-23-42(24-22-37)31-12-8-5-9-13-31)26-27-15-17-29(18-16-27)33-25-30(28-10-6-4-7-11-28)19-20-32(33)35(38)40-41-39/h4-13,15-20,25,41H,2-3,14,21-24,26,39H2,1H3,(H2,38,40)(H,45,46). The van der Waals surface area contributed by atoms with Crippen LogP contribution < -0.4 is 22.0 Å². The van der Waals surface area contributed by atoms with Crippen molar-refractivity contribution in [1.82, 2.24) is 10.4 Å². The van der Waals surface area contributed by atoms with Gasteiger partial charge < -0.3 is 20.6 Å². The average Bonchev–Trinajstić information content (AvgIpc) is 3.10. The van der Waals surface area contributed by atoms with Crippen LogP contribution in [0.3, 0.4) is 0 Å². The van der Waals surface area contributed by atoms with Gasteiger partial charge in [-0.2, -0.15) is 0 Å². The van der Waals surface area contributed by atoms with Gasteiger partial charge in [-0.3, -0.25) is 4.79 Å². The second kappa shape index (κ2) is 14.8. The van der Waals surface area contributed by atoms with Gasteiger partial charge in [0.2, 0.25) is 5.91 Å². The molecule has 238 valence electrons. The number of carbonyl (C=O) groups is 2. The topological polar surface area (TPSA) is 137 Å². The fourth-order valence-electron chi connectivity index (χ4n) is 6.23. The number of nitrogens with zero attached hydrogens (tertiary/aromatic N) is 3. The summed E-state index contributed by atoms with van der Waals surface area (Å²) < 4.78 is 0. The van der Waals surface area contributed by atoms with Crippen LogP contribution in [0.4, 0.5) is 5.69 Å². The summed E-state index contributed by atoms with van der Waals surface area (Å²) >= 11 is 0. The maximum atomic E-state index is 13.7. The van der Waals surface area contributed by atoms with Crippen LogP contribution in [0.25, 0.3) is 22.3 Å². The van der Waals surface area contributed by atoms with Crippen LogP contribution in [0.15, 0.2) is 108 Å². The largest absolute Gasteiger partial charge is 0.479 e. The molecule has 6 N–H and O–H groups in total. The number of hydrazine groups is 1. The minimum Gasteiger partial charge on any atom is -0.479 e. The molecule has 4 aromatic carbocycles. The summed E-state index contributed by atoms with van der Waals surface area (Å²) in [6.45, 7) is 3.34.